The minimum Gasteiger partial charge on any atom is -0.308 e. The highest BCUT2D eigenvalue weighted by molar-refractivity contribution is 7.92. The van der Waals surface area contributed by atoms with E-state index in [2.05, 4.69) is 0 Å². The minimum absolute atomic E-state index is 0.120. The number of halogens is 2. The number of sulfone groups is 1. The summed E-state index contributed by atoms with van der Waals surface area (Å²) in [5.41, 5.74) is 1.24. The molecule has 0 atom stereocenters. The summed E-state index contributed by atoms with van der Waals surface area (Å²) in [7, 11) is -7.15. The second-order valence-corrected chi connectivity index (χ2v) is 12.8. The number of carbonyl (C=O) groups is 1. The van der Waals surface area contributed by atoms with Gasteiger partial charge in [-0.15, -0.1) is 0 Å². The molecule has 0 saturated heterocycles. The van der Waals surface area contributed by atoms with Crippen molar-refractivity contribution in [1.82, 2.24) is 0 Å². The van der Waals surface area contributed by atoms with Crippen molar-refractivity contribution in [2.75, 3.05) is 29.1 Å². The lowest BCUT2D eigenvalue weighted by Gasteiger charge is -2.23. The molecule has 1 amide bonds. The van der Waals surface area contributed by atoms with Gasteiger partial charge in [-0.05, 0) is 48.7 Å². The number of nitrogens with zero attached hydrogens (tertiary/aromatic N) is 2. The van der Waals surface area contributed by atoms with Gasteiger partial charge in [-0.2, -0.15) is 8.78 Å². The summed E-state index contributed by atoms with van der Waals surface area (Å²) in [5, 5.41) is -3.88. The maximum absolute atomic E-state index is 14.6. The van der Waals surface area contributed by atoms with Gasteiger partial charge in [0.05, 0.1) is 22.4 Å². The quantitative estimate of drug-likeness (QED) is 0.420. The van der Waals surface area contributed by atoms with Crippen LogP contribution in [-0.4, -0.2) is 47.8 Å². The van der Waals surface area contributed by atoms with Gasteiger partial charge in [0, 0.05) is 25.7 Å². The van der Waals surface area contributed by atoms with Crippen molar-refractivity contribution in [3.05, 3.63) is 53.6 Å². The normalized spacial score (nSPS) is 14.1. The Bertz CT molecular complexity index is 1310. The summed E-state index contributed by atoms with van der Waals surface area (Å²) in [6.45, 7) is 2.15. The monoisotopic (exact) mass is 528 g/mol. The van der Waals surface area contributed by atoms with Crippen LogP contribution in [0.3, 0.4) is 0 Å². The predicted octanol–water partition coefficient (Wildman–Crippen LogP) is 4.62. The Labute approximate surface area is 205 Å². The van der Waals surface area contributed by atoms with Crippen molar-refractivity contribution in [3.63, 3.8) is 0 Å². The first-order chi connectivity index (χ1) is 16.3. The average Bonchev–Trinajstić information content (AvgIpc) is 3.23. The average molecular weight is 529 g/mol. The van der Waals surface area contributed by atoms with Crippen molar-refractivity contribution in [3.8, 4) is 0 Å². The topological polar surface area (TPSA) is 91.8 Å². The van der Waals surface area contributed by atoms with Crippen LogP contribution in [0.25, 0.3) is 0 Å². The predicted molar refractivity (Wildman–Crippen MR) is 132 cm³/mol. The molecule has 0 bridgehead atoms. The van der Waals surface area contributed by atoms with E-state index in [9.17, 15) is 30.4 Å². The van der Waals surface area contributed by atoms with Crippen LogP contribution in [0.1, 0.15) is 54.9 Å². The zero-order valence-corrected chi connectivity index (χ0v) is 21.6. The number of anilines is 2. The SMILES string of the molecule is CCCCCCC(F)(F)S(=O)(=O)c1ccc2c(c1)CCN2C(=O)c1ccccc1N(C)S(C)(=O)=O. The summed E-state index contributed by atoms with van der Waals surface area (Å²) in [4.78, 5) is 14.3. The molecule has 1 aliphatic rings. The third kappa shape index (κ3) is 5.50. The zero-order chi connectivity index (χ0) is 26.0. The largest absolute Gasteiger partial charge is 0.350 e. The Morgan fingerprint density at radius 1 is 1.06 bits per heavy atom. The molecule has 11 heteroatoms. The maximum atomic E-state index is 14.6. The number of unbranched alkanes of at least 4 members (excludes halogenated alkanes) is 3. The van der Waals surface area contributed by atoms with Gasteiger partial charge in [-0.1, -0.05) is 38.3 Å². The lowest BCUT2D eigenvalue weighted by molar-refractivity contribution is 0.0788. The van der Waals surface area contributed by atoms with Gasteiger partial charge < -0.3 is 4.90 Å². The molecule has 1 aliphatic heterocycles. The summed E-state index contributed by atoms with van der Waals surface area (Å²) in [5.74, 6) is -0.466. The number of rotatable bonds is 10. The van der Waals surface area contributed by atoms with Gasteiger partial charge in [0.15, 0.2) is 0 Å². The molecular weight excluding hydrogens is 498 g/mol. The smallest absolute Gasteiger partial charge is 0.308 e. The Hall–Kier alpha value is -2.53. The highest BCUT2D eigenvalue weighted by atomic mass is 32.2. The molecule has 0 saturated carbocycles. The van der Waals surface area contributed by atoms with Crippen molar-refractivity contribution in [1.29, 1.82) is 0 Å². The van der Waals surface area contributed by atoms with Crippen LogP contribution in [0, 0.1) is 0 Å². The van der Waals surface area contributed by atoms with E-state index in [-0.39, 0.29) is 30.6 Å². The molecule has 0 aromatic heterocycles. The lowest BCUT2D eigenvalue weighted by atomic mass is 10.1. The number of hydrogen-bond donors (Lipinski definition) is 0. The first kappa shape index (κ1) is 27.1. The van der Waals surface area contributed by atoms with Crippen LogP contribution in [0.15, 0.2) is 47.4 Å². The molecule has 0 spiro atoms. The van der Waals surface area contributed by atoms with Gasteiger partial charge >= 0.3 is 5.25 Å². The summed E-state index contributed by atoms with van der Waals surface area (Å²) < 4.78 is 79.6. The molecule has 35 heavy (non-hydrogen) atoms. The lowest BCUT2D eigenvalue weighted by Crippen LogP contribution is -2.32. The molecule has 0 fully saturated rings. The van der Waals surface area contributed by atoms with Gasteiger partial charge in [0.1, 0.15) is 0 Å². The van der Waals surface area contributed by atoms with Gasteiger partial charge in [-0.3, -0.25) is 9.10 Å². The standard InChI is InChI=1S/C24H30F2N2O5S2/c1-4-5-6-9-15-24(25,26)35(32,33)19-12-13-21-18(17-19)14-16-28(21)23(29)20-10-7-8-11-22(20)27(2)34(3,30)31/h7-8,10-13,17H,4-6,9,14-16H2,1-3H3. The van der Waals surface area contributed by atoms with Crippen molar-refractivity contribution < 1.29 is 30.4 Å². The number of fused-ring (bicyclic) bond motifs is 1. The van der Waals surface area contributed by atoms with E-state index in [4.69, 9.17) is 0 Å². The Morgan fingerprint density at radius 2 is 1.74 bits per heavy atom. The summed E-state index contributed by atoms with van der Waals surface area (Å²) >= 11 is 0. The highest BCUT2D eigenvalue weighted by Crippen LogP contribution is 2.38. The fraction of sp³-hybridized carbons (Fsp3) is 0.458. The van der Waals surface area contributed by atoms with Crippen LogP contribution >= 0.6 is 0 Å². The van der Waals surface area contributed by atoms with E-state index in [1.54, 1.807) is 12.1 Å². The van der Waals surface area contributed by atoms with Crippen LogP contribution in [0.2, 0.25) is 0 Å². The number of carbonyl (C=O) groups excluding carboxylic acids is 1. The molecule has 0 unspecified atom stereocenters. The van der Waals surface area contributed by atoms with Gasteiger partial charge in [0.2, 0.25) is 19.9 Å². The van der Waals surface area contributed by atoms with E-state index in [1.807, 2.05) is 6.92 Å². The molecule has 0 radical (unpaired) electrons. The number of benzene rings is 2. The molecule has 2 aromatic carbocycles. The van der Waals surface area contributed by atoms with E-state index in [0.29, 0.717) is 17.7 Å². The fourth-order valence-electron chi connectivity index (χ4n) is 4.07. The molecule has 192 valence electrons. The number of amides is 1. The third-order valence-corrected chi connectivity index (χ3v) is 9.24. The molecule has 0 aliphatic carbocycles. The van der Waals surface area contributed by atoms with Gasteiger partial charge in [0.25, 0.3) is 5.91 Å². The van der Waals surface area contributed by atoms with E-state index in [0.717, 1.165) is 29.5 Å². The number of para-hydroxylation sites is 1. The number of hydrogen-bond acceptors (Lipinski definition) is 5. The summed E-state index contributed by atoms with van der Waals surface area (Å²) in [6, 6.07) is 9.94. The zero-order valence-electron chi connectivity index (χ0n) is 20.0. The van der Waals surface area contributed by atoms with E-state index in [1.165, 1.54) is 36.2 Å². The Morgan fingerprint density at radius 3 is 2.40 bits per heavy atom. The first-order valence-electron chi connectivity index (χ1n) is 11.4. The van der Waals surface area contributed by atoms with Crippen molar-refractivity contribution in [2.24, 2.45) is 0 Å². The molecule has 1 heterocycles. The Kier molecular flexibility index (Phi) is 7.90. The second kappa shape index (κ2) is 10.2. The molecule has 2 aromatic rings. The first-order valence-corrected chi connectivity index (χ1v) is 14.7. The van der Waals surface area contributed by atoms with Crippen molar-refractivity contribution >= 4 is 37.1 Å². The van der Waals surface area contributed by atoms with E-state index >= 15 is 0 Å². The summed E-state index contributed by atoms with van der Waals surface area (Å²) in [6.07, 6.45) is 2.86. The van der Waals surface area contributed by atoms with Crippen LogP contribution in [-0.2, 0) is 26.3 Å². The van der Waals surface area contributed by atoms with Crippen molar-refractivity contribution in [2.45, 2.75) is 55.6 Å². The van der Waals surface area contributed by atoms with Crippen LogP contribution in [0.5, 0.6) is 0 Å². The fourth-order valence-corrected chi connectivity index (χ4v) is 5.89. The van der Waals surface area contributed by atoms with Crippen LogP contribution in [0.4, 0.5) is 20.2 Å². The number of alkyl halides is 2. The number of sulfonamides is 1. The van der Waals surface area contributed by atoms with Crippen LogP contribution < -0.4 is 9.21 Å². The third-order valence-electron chi connectivity index (χ3n) is 6.19. The molecule has 3 rings (SSSR count). The second-order valence-electron chi connectivity index (χ2n) is 8.70. The Balaban J connectivity index is 1.89. The molecule has 0 N–H and O–H groups in total. The van der Waals surface area contributed by atoms with Gasteiger partial charge in [-0.25, -0.2) is 16.8 Å². The molecular formula is C24H30F2N2O5S2. The minimum atomic E-state index is -4.88. The highest BCUT2D eigenvalue weighted by Gasteiger charge is 2.45. The molecule has 7 nitrogen and oxygen atoms in total. The van der Waals surface area contributed by atoms with E-state index < -0.39 is 42.3 Å². The maximum Gasteiger partial charge on any atom is 0.350 e.